The fraction of sp³-hybridized carbons (Fsp3) is 0.583. The first kappa shape index (κ1) is 12.8. The zero-order chi connectivity index (χ0) is 11.8. The van der Waals surface area contributed by atoms with Crippen LogP contribution in [0.5, 0.6) is 0 Å². The Bertz CT molecular complexity index is 295. The van der Waals surface area contributed by atoms with Gasteiger partial charge in [-0.05, 0) is 25.5 Å². The van der Waals surface area contributed by atoms with Gasteiger partial charge in [0.05, 0.1) is 6.26 Å². The molecule has 0 radical (unpaired) electrons. The molecular weight excluding hydrogens is 206 g/mol. The molecule has 0 aromatic carbocycles. The molecule has 1 heterocycles. The predicted molar refractivity (Wildman–Crippen MR) is 61.0 cm³/mol. The summed E-state index contributed by atoms with van der Waals surface area (Å²) in [5.74, 6) is 0.957. The third-order valence-corrected chi connectivity index (χ3v) is 2.49. The number of nitrogens with zero attached hydrogens (tertiary/aromatic N) is 1. The monoisotopic (exact) mass is 225 g/mol. The Labute approximate surface area is 95.9 Å². The van der Waals surface area contributed by atoms with E-state index in [1.807, 2.05) is 19.1 Å². The van der Waals surface area contributed by atoms with Gasteiger partial charge in [0.15, 0.2) is 0 Å². The number of hydrogen-bond acceptors (Lipinski definition) is 3. The fourth-order valence-electron chi connectivity index (χ4n) is 1.56. The highest BCUT2D eigenvalue weighted by Gasteiger charge is 2.11. The molecule has 0 aliphatic rings. The number of furan rings is 1. The molecule has 90 valence electrons. The van der Waals surface area contributed by atoms with Crippen LogP contribution >= 0.6 is 0 Å². The van der Waals surface area contributed by atoms with Gasteiger partial charge in [-0.3, -0.25) is 4.79 Å². The lowest BCUT2D eigenvalue weighted by molar-refractivity contribution is -0.131. The number of aliphatic hydroxyl groups is 1. The summed E-state index contributed by atoms with van der Waals surface area (Å²) in [5, 5.41) is 8.72. The van der Waals surface area contributed by atoms with E-state index < -0.39 is 0 Å². The molecule has 0 saturated carbocycles. The molecule has 4 nitrogen and oxygen atoms in total. The van der Waals surface area contributed by atoms with Crippen molar-refractivity contribution in [1.29, 1.82) is 0 Å². The summed E-state index contributed by atoms with van der Waals surface area (Å²) in [6, 6.07) is 3.69. The first-order valence-corrected chi connectivity index (χ1v) is 5.69. The molecule has 1 aromatic heterocycles. The topological polar surface area (TPSA) is 53.7 Å². The zero-order valence-electron chi connectivity index (χ0n) is 9.69. The van der Waals surface area contributed by atoms with Gasteiger partial charge >= 0.3 is 0 Å². The van der Waals surface area contributed by atoms with E-state index in [4.69, 9.17) is 9.52 Å². The second-order valence-corrected chi connectivity index (χ2v) is 3.63. The molecule has 0 unspecified atom stereocenters. The molecule has 0 saturated heterocycles. The van der Waals surface area contributed by atoms with E-state index in [9.17, 15) is 4.79 Å². The molecule has 16 heavy (non-hydrogen) atoms. The predicted octanol–water partition coefficient (Wildman–Crippen LogP) is 1.44. The van der Waals surface area contributed by atoms with E-state index in [-0.39, 0.29) is 12.5 Å². The molecule has 0 spiro atoms. The van der Waals surface area contributed by atoms with Crippen molar-refractivity contribution in [3.63, 3.8) is 0 Å². The Balaban J connectivity index is 2.31. The largest absolute Gasteiger partial charge is 0.469 e. The van der Waals surface area contributed by atoms with Gasteiger partial charge in [0.2, 0.25) is 5.91 Å². The van der Waals surface area contributed by atoms with Crippen LogP contribution in [0.4, 0.5) is 0 Å². The minimum absolute atomic E-state index is 0.118. The third-order valence-electron chi connectivity index (χ3n) is 2.49. The van der Waals surface area contributed by atoms with Crippen LogP contribution in [-0.2, 0) is 11.2 Å². The second kappa shape index (κ2) is 7.06. The molecule has 0 aliphatic carbocycles. The molecule has 0 bridgehead atoms. The van der Waals surface area contributed by atoms with E-state index in [0.717, 1.165) is 5.76 Å². The molecule has 1 rings (SSSR count). The molecule has 0 aliphatic heterocycles. The lowest BCUT2D eigenvalue weighted by Crippen LogP contribution is -2.32. The van der Waals surface area contributed by atoms with Crippen LogP contribution in [0.3, 0.4) is 0 Å². The van der Waals surface area contributed by atoms with E-state index in [1.165, 1.54) is 0 Å². The molecule has 4 heteroatoms. The Morgan fingerprint density at radius 1 is 1.56 bits per heavy atom. The van der Waals surface area contributed by atoms with Gasteiger partial charge in [0, 0.05) is 32.5 Å². The minimum atomic E-state index is 0.118. The molecule has 1 aromatic rings. The van der Waals surface area contributed by atoms with Gasteiger partial charge in [-0.25, -0.2) is 0 Å². The number of aliphatic hydroxyl groups excluding tert-OH is 1. The van der Waals surface area contributed by atoms with Gasteiger partial charge in [-0.1, -0.05) is 0 Å². The van der Waals surface area contributed by atoms with Crippen molar-refractivity contribution in [2.75, 3.05) is 19.7 Å². The summed E-state index contributed by atoms with van der Waals surface area (Å²) >= 11 is 0. The fourth-order valence-corrected chi connectivity index (χ4v) is 1.56. The van der Waals surface area contributed by atoms with Gasteiger partial charge in [-0.15, -0.1) is 0 Å². The maximum absolute atomic E-state index is 11.8. The number of carbonyl (C=O) groups excluding carboxylic acids is 1. The zero-order valence-corrected chi connectivity index (χ0v) is 9.69. The lowest BCUT2D eigenvalue weighted by atomic mass is 10.2. The normalized spacial score (nSPS) is 10.4. The summed E-state index contributed by atoms with van der Waals surface area (Å²) < 4.78 is 5.17. The Hall–Kier alpha value is -1.29. The lowest BCUT2D eigenvalue weighted by Gasteiger charge is -2.20. The molecule has 0 atom stereocenters. The molecule has 1 amide bonds. The number of rotatable bonds is 7. The second-order valence-electron chi connectivity index (χ2n) is 3.63. The highest BCUT2D eigenvalue weighted by Crippen LogP contribution is 2.06. The van der Waals surface area contributed by atoms with Crippen molar-refractivity contribution in [3.05, 3.63) is 24.2 Å². The van der Waals surface area contributed by atoms with Gasteiger partial charge < -0.3 is 14.4 Å². The van der Waals surface area contributed by atoms with Crippen LogP contribution < -0.4 is 0 Å². The number of aryl methyl sites for hydroxylation is 1. The first-order valence-electron chi connectivity index (χ1n) is 5.69. The van der Waals surface area contributed by atoms with E-state index >= 15 is 0 Å². The third kappa shape index (κ3) is 4.06. The molecular formula is C12H19NO3. The maximum atomic E-state index is 11.8. The van der Waals surface area contributed by atoms with Gasteiger partial charge in [0.25, 0.3) is 0 Å². The summed E-state index contributed by atoms with van der Waals surface area (Å²) in [7, 11) is 0. The smallest absolute Gasteiger partial charge is 0.223 e. The molecule has 1 N–H and O–H groups in total. The van der Waals surface area contributed by atoms with Gasteiger partial charge in [-0.2, -0.15) is 0 Å². The Kier molecular flexibility index (Phi) is 5.64. The van der Waals surface area contributed by atoms with Crippen molar-refractivity contribution >= 4 is 5.91 Å². The van der Waals surface area contributed by atoms with E-state index in [2.05, 4.69) is 0 Å². The highest BCUT2D eigenvalue weighted by atomic mass is 16.3. The Morgan fingerprint density at radius 2 is 2.38 bits per heavy atom. The SMILES string of the molecule is CCN(CCCO)C(=O)CCc1ccco1. The van der Waals surface area contributed by atoms with Crippen molar-refractivity contribution in [2.45, 2.75) is 26.2 Å². The summed E-state index contributed by atoms with van der Waals surface area (Å²) in [5.41, 5.74) is 0. The van der Waals surface area contributed by atoms with Crippen LogP contribution in [0, 0.1) is 0 Å². The van der Waals surface area contributed by atoms with Crippen LogP contribution in [0.25, 0.3) is 0 Å². The average molecular weight is 225 g/mol. The minimum Gasteiger partial charge on any atom is -0.469 e. The van der Waals surface area contributed by atoms with E-state index in [0.29, 0.717) is 32.4 Å². The summed E-state index contributed by atoms with van der Waals surface area (Å²) in [4.78, 5) is 13.5. The van der Waals surface area contributed by atoms with Gasteiger partial charge in [0.1, 0.15) is 5.76 Å². The molecule has 0 fully saturated rings. The van der Waals surface area contributed by atoms with Crippen molar-refractivity contribution in [1.82, 2.24) is 4.90 Å². The van der Waals surface area contributed by atoms with E-state index in [1.54, 1.807) is 11.2 Å². The maximum Gasteiger partial charge on any atom is 0.223 e. The van der Waals surface area contributed by atoms with Crippen molar-refractivity contribution in [3.8, 4) is 0 Å². The van der Waals surface area contributed by atoms with Crippen LogP contribution in [-0.4, -0.2) is 35.6 Å². The first-order chi connectivity index (χ1) is 7.77. The summed E-state index contributed by atoms with van der Waals surface area (Å²) in [6.07, 6.45) is 3.36. The van der Waals surface area contributed by atoms with Crippen LogP contribution in [0.2, 0.25) is 0 Å². The quantitative estimate of drug-likeness (QED) is 0.764. The van der Waals surface area contributed by atoms with Crippen LogP contribution in [0.15, 0.2) is 22.8 Å². The van der Waals surface area contributed by atoms with Crippen molar-refractivity contribution in [2.24, 2.45) is 0 Å². The average Bonchev–Trinajstić information content (AvgIpc) is 2.80. The number of carbonyl (C=O) groups is 1. The van der Waals surface area contributed by atoms with Crippen molar-refractivity contribution < 1.29 is 14.3 Å². The highest BCUT2D eigenvalue weighted by molar-refractivity contribution is 5.76. The standard InChI is InChI=1S/C12H19NO3/c1-2-13(8-4-9-14)12(15)7-6-11-5-3-10-16-11/h3,5,10,14H,2,4,6-9H2,1H3. The Morgan fingerprint density at radius 3 is 2.94 bits per heavy atom. The van der Waals surface area contributed by atoms with Crippen LogP contribution in [0.1, 0.15) is 25.5 Å². The summed E-state index contributed by atoms with van der Waals surface area (Å²) in [6.45, 7) is 3.39. The number of amides is 1. The number of hydrogen-bond donors (Lipinski definition) is 1.